The molecule has 2 heteroatoms. The van der Waals surface area contributed by atoms with Crippen molar-refractivity contribution in [2.75, 3.05) is 0 Å². The zero-order valence-corrected chi connectivity index (χ0v) is 11.6. The van der Waals surface area contributed by atoms with Crippen LogP contribution in [0.5, 0.6) is 0 Å². The Labute approximate surface area is 124 Å². The fourth-order valence-corrected chi connectivity index (χ4v) is 2.48. The lowest BCUT2D eigenvalue weighted by molar-refractivity contribution is 0.0975. The number of rotatable bonds is 5. The molecule has 0 saturated heterocycles. The van der Waals surface area contributed by atoms with Gasteiger partial charge in [-0.25, -0.2) is 0 Å². The van der Waals surface area contributed by atoms with E-state index in [1.165, 1.54) is 0 Å². The lowest BCUT2D eigenvalue weighted by Crippen LogP contribution is -2.08. The van der Waals surface area contributed by atoms with Gasteiger partial charge in [-0.3, -0.25) is 4.79 Å². The first kappa shape index (κ1) is 13.4. The smallest absolute Gasteiger partial charge is 0.163 e. The molecule has 2 aromatic carbocycles. The van der Waals surface area contributed by atoms with Gasteiger partial charge in [-0.2, -0.15) is 0 Å². The molecule has 1 unspecified atom stereocenters. The summed E-state index contributed by atoms with van der Waals surface area (Å²) in [4.78, 5) is 12.5. The van der Waals surface area contributed by atoms with Crippen LogP contribution in [0.25, 0.3) is 0 Å². The first-order valence-corrected chi connectivity index (χ1v) is 7.01. The van der Waals surface area contributed by atoms with Crippen LogP contribution in [-0.4, -0.2) is 5.78 Å². The molecule has 1 atom stereocenters. The van der Waals surface area contributed by atoms with Crippen LogP contribution in [0.4, 0.5) is 0 Å². The number of carbonyl (C=O) groups excluding carboxylic acids is 1. The second-order valence-electron chi connectivity index (χ2n) is 4.97. The molecule has 1 heterocycles. The molecule has 3 aromatic rings. The molecule has 0 spiro atoms. The van der Waals surface area contributed by atoms with Gasteiger partial charge in [0.15, 0.2) is 5.78 Å². The Bertz CT molecular complexity index is 685. The van der Waals surface area contributed by atoms with Crippen molar-refractivity contribution in [3.05, 3.63) is 95.9 Å². The monoisotopic (exact) mass is 276 g/mol. The van der Waals surface area contributed by atoms with E-state index in [-0.39, 0.29) is 11.7 Å². The quantitative estimate of drug-likeness (QED) is 0.633. The summed E-state index contributed by atoms with van der Waals surface area (Å²) in [6, 6.07) is 23.2. The van der Waals surface area contributed by atoms with E-state index in [1.54, 1.807) is 6.26 Å². The van der Waals surface area contributed by atoms with Gasteiger partial charge in [-0.05, 0) is 17.7 Å². The summed E-state index contributed by atoms with van der Waals surface area (Å²) in [6.45, 7) is 0. The molecule has 0 aliphatic rings. The highest BCUT2D eigenvalue weighted by Gasteiger charge is 2.21. The number of ketones is 1. The SMILES string of the molecule is O=C(CC(c1ccccc1)c1ccco1)c1ccccc1. The molecule has 0 radical (unpaired) electrons. The van der Waals surface area contributed by atoms with E-state index in [2.05, 4.69) is 0 Å². The molecule has 0 amide bonds. The normalized spacial score (nSPS) is 12.0. The Kier molecular flexibility index (Phi) is 3.97. The van der Waals surface area contributed by atoms with E-state index in [0.29, 0.717) is 6.42 Å². The van der Waals surface area contributed by atoms with Crippen LogP contribution in [0.15, 0.2) is 83.5 Å². The van der Waals surface area contributed by atoms with Gasteiger partial charge in [0.2, 0.25) is 0 Å². The number of carbonyl (C=O) groups is 1. The van der Waals surface area contributed by atoms with Gasteiger partial charge in [-0.15, -0.1) is 0 Å². The number of hydrogen-bond donors (Lipinski definition) is 0. The summed E-state index contributed by atoms with van der Waals surface area (Å²) in [6.07, 6.45) is 2.06. The van der Waals surface area contributed by atoms with Gasteiger partial charge < -0.3 is 4.42 Å². The predicted molar refractivity (Wildman–Crippen MR) is 82.4 cm³/mol. The van der Waals surface area contributed by atoms with Crippen LogP contribution in [0.1, 0.15) is 34.0 Å². The molecule has 0 fully saturated rings. The first-order chi connectivity index (χ1) is 10.3. The second kappa shape index (κ2) is 6.23. The van der Waals surface area contributed by atoms with Crippen LogP contribution >= 0.6 is 0 Å². The lowest BCUT2D eigenvalue weighted by atomic mass is 9.89. The molecule has 21 heavy (non-hydrogen) atoms. The highest BCUT2D eigenvalue weighted by molar-refractivity contribution is 5.96. The molecule has 3 rings (SSSR count). The van der Waals surface area contributed by atoms with E-state index >= 15 is 0 Å². The molecule has 0 N–H and O–H groups in total. The third-order valence-corrected chi connectivity index (χ3v) is 3.57. The van der Waals surface area contributed by atoms with E-state index < -0.39 is 0 Å². The van der Waals surface area contributed by atoms with Crippen LogP contribution in [0.3, 0.4) is 0 Å². The second-order valence-corrected chi connectivity index (χ2v) is 4.97. The zero-order chi connectivity index (χ0) is 14.5. The van der Waals surface area contributed by atoms with Gasteiger partial charge in [0.05, 0.1) is 6.26 Å². The first-order valence-electron chi connectivity index (χ1n) is 7.01. The van der Waals surface area contributed by atoms with Crippen molar-refractivity contribution in [2.45, 2.75) is 12.3 Å². The summed E-state index contributed by atoms with van der Waals surface area (Å²) >= 11 is 0. The standard InChI is InChI=1S/C19H16O2/c20-18(16-10-5-2-6-11-16)14-17(19-12-7-13-21-19)15-8-3-1-4-9-15/h1-13,17H,14H2. The molecule has 0 saturated carbocycles. The van der Waals surface area contributed by atoms with Crippen molar-refractivity contribution >= 4 is 5.78 Å². The van der Waals surface area contributed by atoms with Gasteiger partial charge in [-0.1, -0.05) is 60.7 Å². The van der Waals surface area contributed by atoms with Crippen molar-refractivity contribution in [1.82, 2.24) is 0 Å². The third-order valence-electron chi connectivity index (χ3n) is 3.57. The fourth-order valence-electron chi connectivity index (χ4n) is 2.48. The maximum atomic E-state index is 12.5. The Balaban J connectivity index is 1.89. The molecule has 2 nitrogen and oxygen atoms in total. The van der Waals surface area contributed by atoms with Crippen LogP contribution in [0.2, 0.25) is 0 Å². The highest BCUT2D eigenvalue weighted by Crippen LogP contribution is 2.29. The number of hydrogen-bond acceptors (Lipinski definition) is 2. The topological polar surface area (TPSA) is 30.2 Å². The van der Waals surface area contributed by atoms with Gasteiger partial charge in [0.25, 0.3) is 0 Å². The number of benzene rings is 2. The van der Waals surface area contributed by atoms with Crippen LogP contribution in [0, 0.1) is 0 Å². The van der Waals surface area contributed by atoms with E-state index in [1.807, 2.05) is 72.8 Å². The summed E-state index contributed by atoms with van der Waals surface area (Å²) in [5.41, 5.74) is 1.83. The van der Waals surface area contributed by atoms with Crippen molar-refractivity contribution in [2.24, 2.45) is 0 Å². The predicted octanol–water partition coefficient (Wildman–Crippen LogP) is 4.68. The Morgan fingerprint density at radius 3 is 2.14 bits per heavy atom. The van der Waals surface area contributed by atoms with E-state index in [9.17, 15) is 4.79 Å². The maximum absolute atomic E-state index is 12.5. The minimum absolute atomic E-state index is 0.0473. The van der Waals surface area contributed by atoms with Crippen molar-refractivity contribution in [1.29, 1.82) is 0 Å². The van der Waals surface area contributed by atoms with Crippen molar-refractivity contribution < 1.29 is 9.21 Å². The molecule has 0 aliphatic heterocycles. The summed E-state index contributed by atoms with van der Waals surface area (Å²) in [7, 11) is 0. The molecule has 0 bridgehead atoms. The molecule has 0 aliphatic carbocycles. The summed E-state index contributed by atoms with van der Waals surface area (Å²) in [5.74, 6) is 0.903. The summed E-state index contributed by atoms with van der Waals surface area (Å²) < 4.78 is 5.53. The van der Waals surface area contributed by atoms with Gasteiger partial charge in [0.1, 0.15) is 5.76 Å². The summed E-state index contributed by atoms with van der Waals surface area (Å²) in [5, 5.41) is 0. The largest absolute Gasteiger partial charge is 0.469 e. The van der Waals surface area contributed by atoms with Gasteiger partial charge in [0, 0.05) is 17.9 Å². The maximum Gasteiger partial charge on any atom is 0.163 e. The van der Waals surface area contributed by atoms with E-state index in [4.69, 9.17) is 4.42 Å². The molecule has 104 valence electrons. The van der Waals surface area contributed by atoms with Crippen LogP contribution in [-0.2, 0) is 0 Å². The Hall–Kier alpha value is -2.61. The fraction of sp³-hybridized carbons (Fsp3) is 0.105. The van der Waals surface area contributed by atoms with Crippen molar-refractivity contribution in [3.63, 3.8) is 0 Å². The number of furan rings is 1. The molecular weight excluding hydrogens is 260 g/mol. The molecular formula is C19H16O2. The number of Topliss-reactive ketones (excluding diaryl/α,β-unsaturated/α-hetero) is 1. The third kappa shape index (κ3) is 3.11. The van der Waals surface area contributed by atoms with Gasteiger partial charge >= 0.3 is 0 Å². The Morgan fingerprint density at radius 2 is 1.52 bits per heavy atom. The zero-order valence-electron chi connectivity index (χ0n) is 11.6. The van der Waals surface area contributed by atoms with Crippen molar-refractivity contribution in [3.8, 4) is 0 Å². The highest BCUT2D eigenvalue weighted by atomic mass is 16.3. The van der Waals surface area contributed by atoms with Crippen LogP contribution < -0.4 is 0 Å². The molecule has 1 aromatic heterocycles. The average Bonchev–Trinajstić information content (AvgIpc) is 3.08. The minimum atomic E-state index is -0.0473. The van der Waals surface area contributed by atoms with E-state index in [0.717, 1.165) is 16.9 Å². The Morgan fingerprint density at radius 1 is 0.857 bits per heavy atom. The lowest BCUT2D eigenvalue weighted by Gasteiger charge is -2.14. The minimum Gasteiger partial charge on any atom is -0.469 e. The average molecular weight is 276 g/mol.